The predicted molar refractivity (Wildman–Crippen MR) is 109 cm³/mol. The number of carbonyl (C=O) groups excluding carboxylic acids is 1. The Labute approximate surface area is 160 Å². The minimum absolute atomic E-state index is 0.115. The predicted octanol–water partition coefficient (Wildman–Crippen LogP) is 3.33. The maximum Gasteiger partial charge on any atom is 0.277 e. The summed E-state index contributed by atoms with van der Waals surface area (Å²) in [5.74, 6) is 0.380. The van der Waals surface area contributed by atoms with E-state index in [9.17, 15) is 9.90 Å². The number of aromatic hydroxyl groups is 1. The topological polar surface area (TPSA) is 74.2 Å². The standard InChI is InChI=1S/C21H27N3O3/c1-4-16-7-11-19(12-8-16)27-15-21(26)23-22-14-17-9-10-18(13-20(17)25)24(5-2)6-3/h7-14,25H,4-6,15H2,1-3H3,(H,23,26)/b22-14+. The highest BCUT2D eigenvalue weighted by Crippen LogP contribution is 2.23. The molecule has 6 nitrogen and oxygen atoms in total. The number of hydrogen-bond donors (Lipinski definition) is 2. The molecule has 27 heavy (non-hydrogen) atoms. The molecule has 2 N–H and O–H groups in total. The lowest BCUT2D eigenvalue weighted by atomic mass is 10.2. The first-order valence-electron chi connectivity index (χ1n) is 9.18. The van der Waals surface area contributed by atoms with Crippen molar-refractivity contribution in [2.24, 2.45) is 5.10 Å². The van der Waals surface area contributed by atoms with E-state index in [1.165, 1.54) is 11.8 Å². The van der Waals surface area contributed by atoms with Gasteiger partial charge >= 0.3 is 0 Å². The first kappa shape index (κ1) is 20.3. The normalized spacial score (nSPS) is 10.8. The van der Waals surface area contributed by atoms with Crippen molar-refractivity contribution in [1.29, 1.82) is 0 Å². The molecule has 0 saturated carbocycles. The molecular formula is C21H27N3O3. The van der Waals surface area contributed by atoms with E-state index in [-0.39, 0.29) is 18.3 Å². The van der Waals surface area contributed by atoms with Gasteiger partial charge in [0.15, 0.2) is 6.61 Å². The number of amides is 1. The third-order valence-electron chi connectivity index (χ3n) is 4.24. The zero-order valence-electron chi connectivity index (χ0n) is 16.1. The summed E-state index contributed by atoms with van der Waals surface area (Å²) in [6.07, 6.45) is 2.37. The molecular weight excluding hydrogens is 342 g/mol. The Morgan fingerprint density at radius 1 is 1.15 bits per heavy atom. The largest absolute Gasteiger partial charge is 0.507 e. The van der Waals surface area contributed by atoms with E-state index in [0.29, 0.717) is 11.3 Å². The Morgan fingerprint density at radius 2 is 1.85 bits per heavy atom. The number of benzene rings is 2. The van der Waals surface area contributed by atoms with E-state index < -0.39 is 0 Å². The van der Waals surface area contributed by atoms with Crippen LogP contribution in [0.25, 0.3) is 0 Å². The summed E-state index contributed by atoms with van der Waals surface area (Å²) in [7, 11) is 0. The van der Waals surface area contributed by atoms with Crippen LogP contribution in [0, 0.1) is 0 Å². The fourth-order valence-electron chi connectivity index (χ4n) is 2.60. The molecule has 2 aromatic carbocycles. The maximum atomic E-state index is 11.8. The molecule has 0 spiro atoms. The Bertz CT molecular complexity index is 769. The molecule has 0 heterocycles. The van der Waals surface area contributed by atoms with Crippen molar-refractivity contribution >= 4 is 17.8 Å². The highest BCUT2D eigenvalue weighted by Gasteiger charge is 2.06. The van der Waals surface area contributed by atoms with Crippen LogP contribution in [-0.4, -0.2) is 36.9 Å². The molecule has 0 bridgehead atoms. The summed E-state index contributed by atoms with van der Waals surface area (Å²) >= 11 is 0. The van der Waals surface area contributed by atoms with Crippen molar-refractivity contribution in [1.82, 2.24) is 5.43 Å². The molecule has 0 atom stereocenters. The lowest BCUT2D eigenvalue weighted by Crippen LogP contribution is -2.24. The van der Waals surface area contributed by atoms with E-state index in [0.717, 1.165) is 25.2 Å². The Morgan fingerprint density at radius 3 is 2.44 bits per heavy atom. The third-order valence-corrected chi connectivity index (χ3v) is 4.24. The quantitative estimate of drug-likeness (QED) is 0.525. The highest BCUT2D eigenvalue weighted by molar-refractivity contribution is 5.86. The molecule has 0 aliphatic heterocycles. The minimum atomic E-state index is -0.370. The second-order valence-electron chi connectivity index (χ2n) is 5.99. The van der Waals surface area contributed by atoms with Crippen molar-refractivity contribution in [2.75, 3.05) is 24.6 Å². The van der Waals surface area contributed by atoms with Gasteiger partial charge in [-0.15, -0.1) is 0 Å². The molecule has 0 aliphatic carbocycles. The highest BCUT2D eigenvalue weighted by atomic mass is 16.5. The van der Waals surface area contributed by atoms with Crippen molar-refractivity contribution in [3.05, 3.63) is 53.6 Å². The van der Waals surface area contributed by atoms with Crippen LogP contribution in [0.15, 0.2) is 47.6 Å². The SMILES string of the molecule is CCc1ccc(OCC(=O)N/N=C/c2ccc(N(CC)CC)cc2O)cc1. The summed E-state index contributed by atoms with van der Waals surface area (Å²) in [6, 6.07) is 13.0. The van der Waals surface area contributed by atoms with Crippen molar-refractivity contribution in [2.45, 2.75) is 27.2 Å². The average Bonchev–Trinajstić information content (AvgIpc) is 2.69. The van der Waals surface area contributed by atoms with Crippen LogP contribution in [0.2, 0.25) is 0 Å². The van der Waals surface area contributed by atoms with Crippen molar-refractivity contribution in [3.63, 3.8) is 0 Å². The van der Waals surface area contributed by atoms with Crippen LogP contribution >= 0.6 is 0 Å². The number of anilines is 1. The van der Waals surface area contributed by atoms with Crippen LogP contribution in [0.5, 0.6) is 11.5 Å². The summed E-state index contributed by atoms with van der Waals surface area (Å²) < 4.78 is 5.42. The summed E-state index contributed by atoms with van der Waals surface area (Å²) in [6.45, 7) is 7.80. The van der Waals surface area contributed by atoms with E-state index in [4.69, 9.17) is 4.74 Å². The van der Waals surface area contributed by atoms with E-state index in [1.807, 2.05) is 30.3 Å². The molecule has 2 rings (SSSR count). The van der Waals surface area contributed by atoms with Gasteiger partial charge in [0.2, 0.25) is 0 Å². The lowest BCUT2D eigenvalue weighted by Gasteiger charge is -2.21. The summed E-state index contributed by atoms with van der Waals surface area (Å²) in [5, 5.41) is 14.0. The lowest BCUT2D eigenvalue weighted by molar-refractivity contribution is -0.123. The van der Waals surface area contributed by atoms with Gasteiger partial charge < -0.3 is 14.7 Å². The Hall–Kier alpha value is -3.02. The number of hydrogen-bond acceptors (Lipinski definition) is 5. The van der Waals surface area contributed by atoms with E-state index in [1.54, 1.807) is 12.1 Å². The van der Waals surface area contributed by atoms with Gasteiger partial charge in [0, 0.05) is 30.4 Å². The zero-order chi connectivity index (χ0) is 19.6. The van der Waals surface area contributed by atoms with Crippen LogP contribution in [0.1, 0.15) is 31.9 Å². The minimum Gasteiger partial charge on any atom is -0.507 e. The number of ether oxygens (including phenoxy) is 1. The Balaban J connectivity index is 1.85. The fraction of sp³-hybridized carbons (Fsp3) is 0.333. The van der Waals surface area contributed by atoms with Crippen LogP contribution in [-0.2, 0) is 11.2 Å². The van der Waals surface area contributed by atoms with Crippen LogP contribution < -0.4 is 15.1 Å². The number of hydrazone groups is 1. The Kier molecular flexibility index (Phi) is 7.67. The molecule has 0 aliphatic rings. The smallest absolute Gasteiger partial charge is 0.277 e. The number of nitrogens with zero attached hydrogens (tertiary/aromatic N) is 2. The molecule has 0 fully saturated rings. The number of rotatable bonds is 9. The number of nitrogens with one attached hydrogen (secondary N) is 1. The molecule has 0 aromatic heterocycles. The average molecular weight is 369 g/mol. The van der Waals surface area contributed by atoms with Crippen molar-refractivity contribution < 1.29 is 14.6 Å². The molecule has 2 aromatic rings. The first-order valence-corrected chi connectivity index (χ1v) is 9.18. The fourth-order valence-corrected chi connectivity index (χ4v) is 2.60. The second-order valence-corrected chi connectivity index (χ2v) is 5.99. The zero-order valence-corrected chi connectivity index (χ0v) is 16.1. The van der Waals surface area contributed by atoms with Gasteiger partial charge in [-0.1, -0.05) is 19.1 Å². The van der Waals surface area contributed by atoms with E-state index >= 15 is 0 Å². The molecule has 0 saturated heterocycles. The molecule has 0 unspecified atom stereocenters. The monoisotopic (exact) mass is 369 g/mol. The van der Waals surface area contributed by atoms with Crippen LogP contribution in [0.4, 0.5) is 5.69 Å². The van der Waals surface area contributed by atoms with Gasteiger partial charge in [0.1, 0.15) is 11.5 Å². The second kappa shape index (κ2) is 10.2. The third kappa shape index (κ3) is 6.02. The molecule has 0 radical (unpaired) electrons. The number of phenolic OH excluding ortho intramolecular Hbond substituents is 1. The number of carbonyl (C=O) groups is 1. The van der Waals surface area contributed by atoms with Gasteiger partial charge in [0.25, 0.3) is 5.91 Å². The van der Waals surface area contributed by atoms with Gasteiger partial charge in [-0.25, -0.2) is 5.43 Å². The van der Waals surface area contributed by atoms with Crippen LogP contribution in [0.3, 0.4) is 0 Å². The maximum absolute atomic E-state index is 11.8. The molecule has 6 heteroatoms. The van der Waals surface area contributed by atoms with Gasteiger partial charge in [0.05, 0.1) is 6.21 Å². The first-order chi connectivity index (χ1) is 13.1. The molecule has 1 amide bonds. The summed E-state index contributed by atoms with van der Waals surface area (Å²) in [4.78, 5) is 13.9. The summed E-state index contributed by atoms with van der Waals surface area (Å²) in [5.41, 5.74) is 5.08. The number of aryl methyl sites for hydroxylation is 1. The van der Waals surface area contributed by atoms with Crippen molar-refractivity contribution in [3.8, 4) is 11.5 Å². The van der Waals surface area contributed by atoms with Gasteiger partial charge in [-0.05, 0) is 50.1 Å². The van der Waals surface area contributed by atoms with Gasteiger partial charge in [-0.3, -0.25) is 4.79 Å². The molecule has 144 valence electrons. The van der Waals surface area contributed by atoms with Gasteiger partial charge in [-0.2, -0.15) is 5.10 Å². The van der Waals surface area contributed by atoms with E-state index in [2.05, 4.69) is 36.2 Å². The number of phenols is 1.